The molecule has 78 valence electrons. The van der Waals surface area contributed by atoms with Gasteiger partial charge >= 0.3 is 6.03 Å². The number of amides is 2. The van der Waals surface area contributed by atoms with Gasteiger partial charge in [-0.2, -0.15) is 0 Å². The molecule has 2 amide bonds. The van der Waals surface area contributed by atoms with E-state index in [-0.39, 0.29) is 17.9 Å². The lowest BCUT2D eigenvalue weighted by atomic mass is 10.2. The van der Waals surface area contributed by atoms with Crippen molar-refractivity contribution in [3.05, 3.63) is 0 Å². The Balaban J connectivity index is 2.00. The molecule has 2 aliphatic heterocycles. The summed E-state index contributed by atoms with van der Waals surface area (Å²) in [7, 11) is 0. The predicted octanol–water partition coefficient (Wildman–Crippen LogP) is 0.866. The van der Waals surface area contributed by atoms with Crippen molar-refractivity contribution in [1.29, 1.82) is 0 Å². The highest BCUT2D eigenvalue weighted by molar-refractivity contribution is 5.89. The Bertz CT molecular complexity index is 259. The molecule has 0 saturated carbocycles. The van der Waals surface area contributed by atoms with Crippen LogP contribution in [0.1, 0.15) is 26.2 Å². The van der Waals surface area contributed by atoms with Gasteiger partial charge in [-0.15, -0.1) is 0 Å². The van der Waals surface area contributed by atoms with E-state index in [9.17, 15) is 9.59 Å². The zero-order valence-electron chi connectivity index (χ0n) is 8.53. The first-order valence-corrected chi connectivity index (χ1v) is 5.26. The quantitative estimate of drug-likeness (QED) is 0.576. The van der Waals surface area contributed by atoms with Gasteiger partial charge in [0.15, 0.2) is 5.78 Å². The second-order valence-corrected chi connectivity index (χ2v) is 4.20. The van der Waals surface area contributed by atoms with Crippen molar-refractivity contribution in [2.75, 3.05) is 19.6 Å². The normalized spacial score (nSPS) is 27.5. The van der Waals surface area contributed by atoms with Gasteiger partial charge < -0.3 is 9.80 Å². The third-order valence-corrected chi connectivity index (χ3v) is 3.02. The standard InChI is InChI=1S/C10H16N2O2/c1-8-6-9(13)7-12(8)10(14)11-4-2-3-5-11/h8H,2-7H2,1H3. The van der Waals surface area contributed by atoms with Crippen LogP contribution in [-0.2, 0) is 4.79 Å². The number of ketones is 1. The average Bonchev–Trinajstić information content (AvgIpc) is 2.73. The molecule has 0 spiro atoms. The molecule has 0 bridgehead atoms. The summed E-state index contributed by atoms with van der Waals surface area (Å²) in [5.41, 5.74) is 0. The van der Waals surface area contributed by atoms with E-state index in [1.165, 1.54) is 0 Å². The fourth-order valence-electron chi connectivity index (χ4n) is 2.20. The molecular formula is C10H16N2O2. The molecule has 0 radical (unpaired) electrons. The van der Waals surface area contributed by atoms with Crippen LogP contribution in [0.15, 0.2) is 0 Å². The molecule has 4 heteroatoms. The number of hydrogen-bond acceptors (Lipinski definition) is 2. The molecule has 1 atom stereocenters. The van der Waals surface area contributed by atoms with E-state index in [1.54, 1.807) is 4.90 Å². The fraction of sp³-hybridized carbons (Fsp3) is 0.800. The maximum absolute atomic E-state index is 11.9. The fourth-order valence-corrected chi connectivity index (χ4v) is 2.20. The van der Waals surface area contributed by atoms with Gasteiger partial charge in [0.1, 0.15) is 0 Å². The lowest BCUT2D eigenvalue weighted by molar-refractivity contribution is -0.116. The molecule has 2 fully saturated rings. The molecule has 0 aliphatic carbocycles. The first kappa shape index (κ1) is 9.49. The van der Waals surface area contributed by atoms with Crippen LogP contribution in [-0.4, -0.2) is 47.3 Å². The van der Waals surface area contributed by atoms with Crippen LogP contribution in [0.3, 0.4) is 0 Å². The van der Waals surface area contributed by atoms with Crippen LogP contribution >= 0.6 is 0 Å². The summed E-state index contributed by atoms with van der Waals surface area (Å²) in [5, 5.41) is 0. The average molecular weight is 196 g/mol. The smallest absolute Gasteiger partial charge is 0.320 e. The van der Waals surface area contributed by atoms with E-state index in [0.717, 1.165) is 25.9 Å². The summed E-state index contributed by atoms with van der Waals surface area (Å²) >= 11 is 0. The number of carbonyl (C=O) groups is 2. The van der Waals surface area contributed by atoms with Gasteiger partial charge in [0.2, 0.25) is 0 Å². The lowest BCUT2D eigenvalue weighted by Gasteiger charge is -2.26. The largest absolute Gasteiger partial charge is 0.325 e. The highest BCUT2D eigenvalue weighted by Gasteiger charge is 2.34. The molecule has 2 heterocycles. The van der Waals surface area contributed by atoms with Crippen LogP contribution < -0.4 is 0 Å². The third-order valence-electron chi connectivity index (χ3n) is 3.02. The molecule has 0 N–H and O–H groups in total. The van der Waals surface area contributed by atoms with E-state index < -0.39 is 0 Å². The Morgan fingerprint density at radius 3 is 2.50 bits per heavy atom. The second-order valence-electron chi connectivity index (χ2n) is 4.20. The summed E-state index contributed by atoms with van der Waals surface area (Å²) in [6.45, 7) is 3.97. The van der Waals surface area contributed by atoms with Crippen LogP contribution in [0.2, 0.25) is 0 Å². The summed E-state index contributed by atoms with van der Waals surface area (Å²) in [4.78, 5) is 26.6. The topological polar surface area (TPSA) is 40.6 Å². The van der Waals surface area contributed by atoms with Gasteiger partial charge in [-0.1, -0.05) is 0 Å². The molecular weight excluding hydrogens is 180 g/mol. The predicted molar refractivity (Wildman–Crippen MR) is 52.0 cm³/mol. The van der Waals surface area contributed by atoms with E-state index in [2.05, 4.69) is 0 Å². The van der Waals surface area contributed by atoms with Crippen LogP contribution in [0, 0.1) is 0 Å². The molecule has 14 heavy (non-hydrogen) atoms. The van der Waals surface area contributed by atoms with Gasteiger partial charge in [-0.3, -0.25) is 4.79 Å². The summed E-state index contributed by atoms with van der Waals surface area (Å²) in [6, 6.07) is 0.149. The minimum absolute atomic E-state index is 0.0563. The van der Waals surface area contributed by atoms with Gasteiger partial charge in [0.25, 0.3) is 0 Å². The van der Waals surface area contributed by atoms with E-state index >= 15 is 0 Å². The lowest BCUT2D eigenvalue weighted by Crippen LogP contribution is -2.43. The Hall–Kier alpha value is -1.06. The number of hydrogen-bond donors (Lipinski definition) is 0. The van der Waals surface area contributed by atoms with E-state index in [1.807, 2.05) is 11.8 Å². The van der Waals surface area contributed by atoms with E-state index in [4.69, 9.17) is 0 Å². The zero-order chi connectivity index (χ0) is 10.1. The van der Waals surface area contributed by atoms with Crippen molar-refractivity contribution in [3.63, 3.8) is 0 Å². The van der Waals surface area contributed by atoms with Gasteiger partial charge in [0, 0.05) is 25.6 Å². The third kappa shape index (κ3) is 1.61. The van der Waals surface area contributed by atoms with Crippen molar-refractivity contribution < 1.29 is 9.59 Å². The molecule has 2 saturated heterocycles. The Morgan fingerprint density at radius 1 is 1.36 bits per heavy atom. The van der Waals surface area contributed by atoms with E-state index in [0.29, 0.717) is 13.0 Å². The first-order valence-electron chi connectivity index (χ1n) is 5.26. The molecule has 4 nitrogen and oxygen atoms in total. The number of carbonyl (C=O) groups excluding carboxylic acids is 2. The molecule has 0 aromatic heterocycles. The monoisotopic (exact) mass is 196 g/mol. The second kappa shape index (κ2) is 3.59. The highest BCUT2D eigenvalue weighted by Crippen LogP contribution is 2.18. The number of Topliss-reactive ketones (excluding diaryl/α,β-unsaturated/α-hetero) is 1. The number of rotatable bonds is 0. The van der Waals surface area contributed by atoms with Crippen LogP contribution in [0.4, 0.5) is 4.79 Å². The minimum Gasteiger partial charge on any atom is -0.325 e. The maximum atomic E-state index is 11.9. The number of nitrogens with zero attached hydrogens (tertiary/aromatic N) is 2. The summed E-state index contributed by atoms with van der Waals surface area (Å²) < 4.78 is 0. The van der Waals surface area contributed by atoms with Gasteiger partial charge in [-0.05, 0) is 19.8 Å². The maximum Gasteiger partial charge on any atom is 0.320 e. The van der Waals surface area contributed by atoms with Crippen molar-refractivity contribution in [2.45, 2.75) is 32.2 Å². The Morgan fingerprint density at radius 2 is 2.00 bits per heavy atom. The Labute approximate surface area is 83.9 Å². The number of urea groups is 1. The zero-order valence-corrected chi connectivity index (χ0v) is 8.53. The van der Waals surface area contributed by atoms with Gasteiger partial charge in [0.05, 0.1) is 6.54 Å². The number of likely N-dealkylation sites (tertiary alicyclic amines) is 2. The minimum atomic E-state index is 0.0563. The first-order chi connectivity index (χ1) is 6.68. The molecule has 0 aromatic carbocycles. The van der Waals surface area contributed by atoms with Crippen molar-refractivity contribution in [3.8, 4) is 0 Å². The molecule has 1 unspecified atom stereocenters. The van der Waals surface area contributed by atoms with Crippen LogP contribution in [0.5, 0.6) is 0 Å². The Kier molecular flexibility index (Phi) is 2.44. The summed E-state index contributed by atoms with van der Waals surface area (Å²) in [6.07, 6.45) is 2.73. The van der Waals surface area contributed by atoms with Crippen molar-refractivity contribution in [1.82, 2.24) is 9.80 Å². The molecule has 2 rings (SSSR count). The molecule has 2 aliphatic rings. The summed E-state index contributed by atoms with van der Waals surface area (Å²) in [5.74, 6) is 0.185. The highest BCUT2D eigenvalue weighted by atomic mass is 16.2. The van der Waals surface area contributed by atoms with Gasteiger partial charge in [-0.25, -0.2) is 4.79 Å². The SMILES string of the molecule is CC1CC(=O)CN1C(=O)N1CCCC1. The van der Waals surface area contributed by atoms with Crippen molar-refractivity contribution in [2.24, 2.45) is 0 Å². The van der Waals surface area contributed by atoms with Crippen molar-refractivity contribution >= 4 is 11.8 Å². The molecule has 0 aromatic rings. The van der Waals surface area contributed by atoms with Crippen LogP contribution in [0.25, 0.3) is 0 Å².